The second-order valence-electron chi connectivity index (χ2n) is 5.07. The number of aliphatic hydroxyl groups excluding tert-OH is 1. The van der Waals surface area contributed by atoms with Crippen LogP contribution in [0.15, 0.2) is 52.9 Å². The molecule has 0 spiro atoms. The molecule has 2 aromatic carbocycles. The standard InChI is InChI=1S/C18H18O2/c1-3-13-8-10-14(11-9-13)18(19)17-12(2)20-16-7-5-4-6-15(16)17/h4-11,18-19H,3H2,1-2H3. The van der Waals surface area contributed by atoms with Crippen LogP contribution >= 0.6 is 0 Å². The largest absolute Gasteiger partial charge is 0.461 e. The minimum absolute atomic E-state index is 0.649. The summed E-state index contributed by atoms with van der Waals surface area (Å²) in [5, 5.41) is 11.6. The van der Waals surface area contributed by atoms with Gasteiger partial charge in [0.15, 0.2) is 0 Å². The molecule has 2 heteroatoms. The molecule has 0 saturated heterocycles. The number of furan rings is 1. The van der Waals surface area contributed by atoms with E-state index in [0.717, 1.165) is 34.3 Å². The third-order valence-corrected chi connectivity index (χ3v) is 3.80. The van der Waals surface area contributed by atoms with E-state index in [1.54, 1.807) is 0 Å². The second-order valence-corrected chi connectivity index (χ2v) is 5.07. The molecule has 3 rings (SSSR count). The second kappa shape index (κ2) is 5.14. The van der Waals surface area contributed by atoms with Gasteiger partial charge < -0.3 is 9.52 Å². The summed E-state index contributed by atoms with van der Waals surface area (Å²) < 4.78 is 5.73. The van der Waals surface area contributed by atoms with Gasteiger partial charge in [-0.3, -0.25) is 0 Å². The van der Waals surface area contributed by atoms with E-state index in [2.05, 4.69) is 19.1 Å². The molecule has 1 unspecified atom stereocenters. The fraction of sp³-hybridized carbons (Fsp3) is 0.222. The SMILES string of the molecule is CCc1ccc(C(O)c2c(C)oc3ccccc23)cc1. The molecule has 0 aliphatic heterocycles. The van der Waals surface area contributed by atoms with E-state index in [4.69, 9.17) is 4.42 Å². The predicted octanol–water partition coefficient (Wildman–Crippen LogP) is 4.39. The fourth-order valence-corrected chi connectivity index (χ4v) is 2.63. The van der Waals surface area contributed by atoms with Crippen molar-refractivity contribution in [1.29, 1.82) is 0 Å². The highest BCUT2D eigenvalue weighted by atomic mass is 16.3. The lowest BCUT2D eigenvalue weighted by Crippen LogP contribution is -2.00. The quantitative estimate of drug-likeness (QED) is 0.763. The summed E-state index contributed by atoms with van der Waals surface area (Å²) >= 11 is 0. The first-order valence-corrected chi connectivity index (χ1v) is 6.95. The molecular weight excluding hydrogens is 248 g/mol. The van der Waals surface area contributed by atoms with Crippen LogP contribution in [0.4, 0.5) is 0 Å². The Balaban J connectivity index is 2.07. The lowest BCUT2D eigenvalue weighted by Gasteiger charge is -2.11. The van der Waals surface area contributed by atoms with Crippen molar-refractivity contribution in [3.05, 3.63) is 71.0 Å². The van der Waals surface area contributed by atoms with Crippen LogP contribution in [0.25, 0.3) is 11.0 Å². The normalized spacial score (nSPS) is 12.8. The summed E-state index contributed by atoms with van der Waals surface area (Å²) in [5.41, 5.74) is 3.86. The van der Waals surface area contributed by atoms with E-state index in [9.17, 15) is 5.11 Å². The first-order valence-electron chi connectivity index (χ1n) is 6.95. The molecular formula is C18H18O2. The van der Waals surface area contributed by atoms with Crippen LogP contribution in [0.2, 0.25) is 0 Å². The Hall–Kier alpha value is -2.06. The highest BCUT2D eigenvalue weighted by molar-refractivity contribution is 5.83. The van der Waals surface area contributed by atoms with Gasteiger partial charge in [-0.2, -0.15) is 0 Å². The van der Waals surface area contributed by atoms with Gasteiger partial charge in [0.2, 0.25) is 0 Å². The van der Waals surface area contributed by atoms with E-state index < -0.39 is 6.10 Å². The highest BCUT2D eigenvalue weighted by Gasteiger charge is 2.19. The molecule has 0 aliphatic carbocycles. The van der Waals surface area contributed by atoms with Crippen LogP contribution in [0.3, 0.4) is 0 Å². The van der Waals surface area contributed by atoms with Crippen molar-refractivity contribution in [3.8, 4) is 0 Å². The van der Waals surface area contributed by atoms with Gasteiger partial charge in [0.1, 0.15) is 17.4 Å². The fourth-order valence-electron chi connectivity index (χ4n) is 2.63. The van der Waals surface area contributed by atoms with Gasteiger partial charge in [-0.15, -0.1) is 0 Å². The summed E-state index contributed by atoms with van der Waals surface area (Å²) in [6, 6.07) is 15.9. The zero-order valence-electron chi connectivity index (χ0n) is 11.8. The van der Waals surface area contributed by atoms with E-state index in [1.165, 1.54) is 5.56 Å². The van der Waals surface area contributed by atoms with Crippen molar-refractivity contribution in [3.63, 3.8) is 0 Å². The van der Waals surface area contributed by atoms with Gasteiger partial charge in [0.25, 0.3) is 0 Å². The minimum Gasteiger partial charge on any atom is -0.461 e. The molecule has 102 valence electrons. The van der Waals surface area contributed by atoms with Crippen molar-refractivity contribution in [2.75, 3.05) is 0 Å². The highest BCUT2D eigenvalue weighted by Crippen LogP contribution is 2.33. The lowest BCUT2D eigenvalue weighted by molar-refractivity contribution is 0.219. The Labute approximate surface area is 118 Å². The molecule has 20 heavy (non-hydrogen) atoms. The summed E-state index contributed by atoms with van der Waals surface area (Å²) in [5.74, 6) is 0.776. The summed E-state index contributed by atoms with van der Waals surface area (Å²) in [6.07, 6.45) is 0.355. The molecule has 0 radical (unpaired) electrons. The number of hydrogen-bond acceptors (Lipinski definition) is 2. The molecule has 0 bridgehead atoms. The Kier molecular flexibility index (Phi) is 3.33. The van der Waals surface area contributed by atoms with Crippen LogP contribution < -0.4 is 0 Å². The number of hydrogen-bond donors (Lipinski definition) is 1. The zero-order valence-corrected chi connectivity index (χ0v) is 11.8. The third kappa shape index (κ3) is 2.12. The van der Waals surface area contributed by atoms with E-state index in [0.29, 0.717) is 0 Å². The Bertz CT molecular complexity index is 723. The number of rotatable bonds is 3. The molecule has 3 aromatic rings. The first kappa shape index (κ1) is 12.9. The van der Waals surface area contributed by atoms with Gasteiger partial charge in [-0.05, 0) is 30.5 Å². The van der Waals surface area contributed by atoms with Gasteiger partial charge in [-0.25, -0.2) is 0 Å². The van der Waals surface area contributed by atoms with Crippen molar-refractivity contribution in [2.24, 2.45) is 0 Å². The van der Waals surface area contributed by atoms with Crippen molar-refractivity contribution < 1.29 is 9.52 Å². The number of aryl methyl sites for hydroxylation is 2. The maximum atomic E-state index is 10.7. The third-order valence-electron chi connectivity index (χ3n) is 3.80. The molecule has 1 atom stereocenters. The van der Waals surface area contributed by atoms with Crippen LogP contribution in [-0.2, 0) is 6.42 Å². The van der Waals surface area contributed by atoms with Gasteiger partial charge in [0, 0.05) is 10.9 Å². The Morgan fingerprint density at radius 1 is 1.05 bits per heavy atom. The average Bonchev–Trinajstić information content (AvgIpc) is 2.82. The number of aliphatic hydroxyl groups is 1. The van der Waals surface area contributed by atoms with E-state index in [1.807, 2.05) is 43.3 Å². The Morgan fingerprint density at radius 3 is 2.45 bits per heavy atom. The maximum Gasteiger partial charge on any atom is 0.134 e. The Morgan fingerprint density at radius 2 is 1.75 bits per heavy atom. The number of fused-ring (bicyclic) bond motifs is 1. The average molecular weight is 266 g/mol. The van der Waals surface area contributed by atoms with Crippen LogP contribution in [0.5, 0.6) is 0 Å². The van der Waals surface area contributed by atoms with Crippen molar-refractivity contribution in [2.45, 2.75) is 26.4 Å². The summed E-state index contributed by atoms with van der Waals surface area (Å²) in [4.78, 5) is 0. The molecule has 0 aliphatic rings. The molecule has 1 N–H and O–H groups in total. The van der Waals surface area contributed by atoms with Crippen LogP contribution in [0, 0.1) is 6.92 Å². The summed E-state index contributed by atoms with van der Waals surface area (Å²) in [7, 11) is 0. The van der Waals surface area contributed by atoms with Gasteiger partial charge >= 0.3 is 0 Å². The molecule has 2 nitrogen and oxygen atoms in total. The predicted molar refractivity (Wildman–Crippen MR) is 80.8 cm³/mol. The summed E-state index contributed by atoms with van der Waals surface area (Å²) in [6.45, 7) is 4.03. The molecule has 1 heterocycles. The molecule has 0 amide bonds. The van der Waals surface area contributed by atoms with E-state index >= 15 is 0 Å². The topological polar surface area (TPSA) is 33.4 Å². The molecule has 0 saturated carbocycles. The monoisotopic (exact) mass is 266 g/mol. The van der Waals surface area contributed by atoms with Crippen molar-refractivity contribution in [1.82, 2.24) is 0 Å². The van der Waals surface area contributed by atoms with Crippen molar-refractivity contribution >= 4 is 11.0 Å². The van der Waals surface area contributed by atoms with E-state index in [-0.39, 0.29) is 0 Å². The number of para-hydroxylation sites is 1. The first-order chi connectivity index (χ1) is 9.70. The number of benzene rings is 2. The smallest absolute Gasteiger partial charge is 0.134 e. The molecule has 1 aromatic heterocycles. The minimum atomic E-state index is -0.649. The van der Waals surface area contributed by atoms with Gasteiger partial charge in [0.05, 0.1) is 0 Å². The molecule has 0 fully saturated rings. The van der Waals surface area contributed by atoms with Crippen LogP contribution in [0.1, 0.15) is 35.5 Å². The van der Waals surface area contributed by atoms with Crippen LogP contribution in [-0.4, -0.2) is 5.11 Å². The lowest BCUT2D eigenvalue weighted by atomic mass is 9.97. The van der Waals surface area contributed by atoms with Gasteiger partial charge in [-0.1, -0.05) is 49.4 Å². The maximum absolute atomic E-state index is 10.7. The zero-order chi connectivity index (χ0) is 14.1.